The first-order valence-electron chi connectivity index (χ1n) is 8.28. The summed E-state index contributed by atoms with van der Waals surface area (Å²) in [5.41, 5.74) is 15.7. The molecule has 0 aliphatic rings. The molecule has 0 atom stereocenters. The molecule has 0 saturated heterocycles. The van der Waals surface area contributed by atoms with E-state index in [9.17, 15) is 9.59 Å². The van der Waals surface area contributed by atoms with E-state index in [1.54, 1.807) is 18.2 Å². The van der Waals surface area contributed by atoms with E-state index >= 15 is 0 Å². The molecule has 1 aromatic carbocycles. The van der Waals surface area contributed by atoms with Gasteiger partial charge in [-0.05, 0) is 39.0 Å². The second-order valence-electron chi connectivity index (χ2n) is 6.15. The number of benzene rings is 1. The number of amides is 2. The molecular weight excluding hydrogens is 398 g/mol. The molecule has 0 saturated carbocycles. The minimum atomic E-state index is -0.585. The molecule has 0 spiro atoms. The molecule has 0 fully saturated rings. The number of primary amides is 2. The molecule has 2 aromatic heterocycles. The number of aryl methyl sites for hydroxylation is 1. The predicted octanol–water partition coefficient (Wildman–Crippen LogP) is 3.10. The van der Waals surface area contributed by atoms with Crippen LogP contribution in [0.2, 0.25) is 0 Å². The van der Waals surface area contributed by atoms with Crippen LogP contribution in [0.4, 0.5) is 10.8 Å². The maximum atomic E-state index is 11.9. The molecule has 2 heterocycles. The highest BCUT2D eigenvalue weighted by molar-refractivity contribution is 7.19. The molecule has 1 radical (unpaired) electrons. The van der Waals surface area contributed by atoms with Crippen LogP contribution in [0.1, 0.15) is 39.6 Å². The fraction of sp³-hybridized carbons (Fsp3) is 0.222. The van der Waals surface area contributed by atoms with E-state index < -0.39 is 11.8 Å². The number of aromatic nitrogens is 2. The number of hydrogen-bond donors (Lipinski definition) is 3. The second kappa shape index (κ2) is 7.95. The summed E-state index contributed by atoms with van der Waals surface area (Å²) in [6, 6.07) is 4.83. The Hall–Kier alpha value is -2.98. The minimum absolute atomic E-state index is 0.0802. The molecule has 0 unspecified atom stereocenters. The van der Waals surface area contributed by atoms with E-state index in [-0.39, 0.29) is 6.10 Å². The lowest BCUT2D eigenvalue weighted by Crippen LogP contribution is -2.12. The quantitative estimate of drug-likeness (QED) is 0.542. The summed E-state index contributed by atoms with van der Waals surface area (Å²) in [5.74, 6) is -0.620. The molecule has 28 heavy (non-hydrogen) atoms. The molecule has 3 rings (SSSR count). The summed E-state index contributed by atoms with van der Waals surface area (Å²) in [5, 5.41) is 3.53. The highest BCUT2D eigenvalue weighted by atomic mass is 32.1. The number of ether oxygens (including phenoxy) is 1. The molecule has 10 heteroatoms. The van der Waals surface area contributed by atoms with Crippen molar-refractivity contribution in [1.82, 2.24) is 9.97 Å². The fourth-order valence-corrected chi connectivity index (χ4v) is 4.04. The minimum Gasteiger partial charge on any atom is -0.489 e. The maximum absolute atomic E-state index is 11.9. The van der Waals surface area contributed by atoms with Gasteiger partial charge in [-0.25, -0.2) is 9.97 Å². The van der Waals surface area contributed by atoms with E-state index in [1.807, 2.05) is 20.8 Å². The number of hydrogen-bond acceptors (Lipinski definition) is 8. The number of thiazole rings is 2. The Morgan fingerprint density at radius 3 is 2.57 bits per heavy atom. The van der Waals surface area contributed by atoms with Crippen molar-refractivity contribution in [3.8, 4) is 16.3 Å². The highest BCUT2D eigenvalue weighted by Crippen LogP contribution is 2.37. The van der Waals surface area contributed by atoms with Crippen molar-refractivity contribution in [1.29, 1.82) is 0 Å². The Labute approximate surface area is 169 Å². The van der Waals surface area contributed by atoms with Gasteiger partial charge in [0.25, 0.3) is 5.91 Å². The van der Waals surface area contributed by atoms with E-state index in [4.69, 9.17) is 16.2 Å². The average molecular weight is 417 g/mol. The predicted molar refractivity (Wildman–Crippen MR) is 109 cm³/mol. The zero-order valence-corrected chi connectivity index (χ0v) is 17.0. The molecule has 2 amide bonds. The van der Waals surface area contributed by atoms with Crippen LogP contribution < -0.4 is 21.5 Å². The third kappa shape index (κ3) is 4.12. The third-order valence-electron chi connectivity index (χ3n) is 3.62. The Balaban J connectivity index is 2.04. The molecule has 0 aliphatic carbocycles. The summed E-state index contributed by atoms with van der Waals surface area (Å²) < 4.78 is 5.79. The molecular formula is C18H18N5O3S2. The molecule has 0 bridgehead atoms. The summed E-state index contributed by atoms with van der Waals surface area (Å²) >= 11 is 2.37. The number of rotatable bonds is 7. The van der Waals surface area contributed by atoms with Gasteiger partial charge in [0.05, 0.1) is 22.4 Å². The van der Waals surface area contributed by atoms with Crippen molar-refractivity contribution in [2.75, 3.05) is 5.32 Å². The largest absolute Gasteiger partial charge is 0.489 e. The SMILES string of the molecule is Cc1n[c]sc1-c1nc(Nc2cc(C(N)=O)ccc2OC(C)C)sc1C(N)=O. The van der Waals surface area contributed by atoms with Crippen molar-refractivity contribution in [2.24, 2.45) is 11.5 Å². The second-order valence-corrected chi connectivity index (χ2v) is 7.94. The number of nitrogens with one attached hydrogen (secondary N) is 1. The van der Waals surface area contributed by atoms with E-state index in [0.29, 0.717) is 38.4 Å². The lowest BCUT2D eigenvalue weighted by atomic mass is 10.1. The summed E-state index contributed by atoms with van der Waals surface area (Å²) in [6.45, 7) is 5.59. The number of carbonyl (C=O) groups excluding carboxylic acids is 2. The Morgan fingerprint density at radius 2 is 2.00 bits per heavy atom. The fourth-order valence-electron chi connectivity index (χ4n) is 2.43. The summed E-state index contributed by atoms with van der Waals surface area (Å²) in [6.07, 6.45) is -0.0802. The van der Waals surface area contributed by atoms with Crippen LogP contribution in [0.3, 0.4) is 0 Å². The van der Waals surface area contributed by atoms with Gasteiger partial charge in [0.1, 0.15) is 16.3 Å². The third-order valence-corrected chi connectivity index (χ3v) is 5.48. The molecule has 8 nitrogen and oxygen atoms in total. The Kier molecular flexibility index (Phi) is 5.61. The number of nitrogens with zero attached hydrogens (tertiary/aromatic N) is 2. The first-order valence-corrected chi connectivity index (χ1v) is 9.91. The van der Waals surface area contributed by atoms with Gasteiger partial charge in [0.15, 0.2) is 10.6 Å². The lowest BCUT2D eigenvalue weighted by molar-refractivity contribution is 0.0993. The van der Waals surface area contributed by atoms with Gasteiger partial charge in [-0.15, -0.1) is 11.3 Å². The van der Waals surface area contributed by atoms with Crippen molar-refractivity contribution in [2.45, 2.75) is 26.9 Å². The number of anilines is 2. The van der Waals surface area contributed by atoms with Crippen LogP contribution in [0.15, 0.2) is 18.2 Å². The van der Waals surface area contributed by atoms with Crippen molar-refractivity contribution in [3.63, 3.8) is 0 Å². The van der Waals surface area contributed by atoms with Crippen LogP contribution in [-0.2, 0) is 0 Å². The van der Waals surface area contributed by atoms with Gasteiger partial charge in [0.2, 0.25) is 5.91 Å². The lowest BCUT2D eigenvalue weighted by Gasteiger charge is -2.15. The van der Waals surface area contributed by atoms with Crippen molar-refractivity contribution < 1.29 is 14.3 Å². The van der Waals surface area contributed by atoms with E-state index in [0.717, 1.165) is 16.2 Å². The van der Waals surface area contributed by atoms with Crippen LogP contribution in [0.5, 0.6) is 5.75 Å². The average Bonchev–Trinajstić information content (AvgIpc) is 3.21. The van der Waals surface area contributed by atoms with Crippen LogP contribution in [0.25, 0.3) is 10.6 Å². The zero-order valence-electron chi connectivity index (χ0n) is 15.4. The van der Waals surface area contributed by atoms with E-state index in [2.05, 4.69) is 20.8 Å². The van der Waals surface area contributed by atoms with Crippen LogP contribution >= 0.6 is 22.7 Å². The molecule has 145 valence electrons. The summed E-state index contributed by atoms with van der Waals surface area (Å²) in [4.78, 5) is 33.1. The van der Waals surface area contributed by atoms with Gasteiger partial charge in [-0.1, -0.05) is 11.3 Å². The summed E-state index contributed by atoms with van der Waals surface area (Å²) in [7, 11) is 0. The Bertz CT molecular complexity index is 1040. The topological polar surface area (TPSA) is 133 Å². The first-order chi connectivity index (χ1) is 13.3. The molecule has 3 aromatic rings. The van der Waals surface area contributed by atoms with Gasteiger partial charge < -0.3 is 21.5 Å². The zero-order chi connectivity index (χ0) is 20.4. The van der Waals surface area contributed by atoms with Crippen molar-refractivity contribution >= 4 is 45.3 Å². The normalized spacial score (nSPS) is 10.9. The smallest absolute Gasteiger partial charge is 0.261 e. The first kappa shape index (κ1) is 19.8. The van der Waals surface area contributed by atoms with Gasteiger partial charge in [-0.3, -0.25) is 9.59 Å². The Morgan fingerprint density at radius 1 is 1.25 bits per heavy atom. The monoisotopic (exact) mass is 416 g/mol. The van der Waals surface area contributed by atoms with Gasteiger partial charge in [-0.2, -0.15) is 0 Å². The highest BCUT2D eigenvalue weighted by Gasteiger charge is 2.21. The molecule has 5 N–H and O–H groups in total. The van der Waals surface area contributed by atoms with Crippen molar-refractivity contribution in [3.05, 3.63) is 39.8 Å². The van der Waals surface area contributed by atoms with Gasteiger partial charge >= 0.3 is 0 Å². The maximum Gasteiger partial charge on any atom is 0.261 e. The number of carbonyl (C=O) groups is 2. The van der Waals surface area contributed by atoms with Crippen LogP contribution in [-0.4, -0.2) is 27.9 Å². The standard InChI is InChI=1S/C18H18N5O3S2/c1-8(2)26-12-5-4-10(16(19)24)6-11(12)22-18-23-13(15(28-18)17(20)25)14-9(3)21-7-27-14/h4-6,8H,1-3H3,(H2,19,24)(H2,20,25)(H,22,23). The van der Waals surface area contributed by atoms with E-state index in [1.165, 1.54) is 11.3 Å². The molecule has 0 aliphatic heterocycles. The van der Waals surface area contributed by atoms with Gasteiger partial charge in [0, 0.05) is 5.56 Å². The van der Waals surface area contributed by atoms with Crippen LogP contribution in [0, 0.1) is 12.4 Å². The number of nitrogens with two attached hydrogens (primary N) is 2.